The van der Waals surface area contributed by atoms with E-state index in [-0.39, 0.29) is 18.4 Å². The Hall–Kier alpha value is -5.06. The number of aliphatic hydroxyl groups excluding tert-OH is 1. The number of benzene rings is 3. The zero-order valence-corrected chi connectivity index (χ0v) is 23.7. The van der Waals surface area contributed by atoms with Crippen LogP contribution in [0.2, 0.25) is 0 Å². The molecule has 10 nitrogen and oxygen atoms in total. The van der Waals surface area contributed by atoms with Gasteiger partial charge in [0.25, 0.3) is 0 Å². The van der Waals surface area contributed by atoms with Gasteiger partial charge < -0.3 is 29.8 Å². The number of ether oxygens (including phenoxy) is 1. The Morgan fingerprint density at radius 3 is 2.19 bits per heavy atom. The van der Waals surface area contributed by atoms with Crippen LogP contribution in [-0.4, -0.2) is 53.2 Å². The van der Waals surface area contributed by atoms with Crippen molar-refractivity contribution in [3.63, 3.8) is 0 Å². The lowest BCUT2D eigenvalue weighted by molar-refractivity contribution is -0.116. The van der Waals surface area contributed by atoms with E-state index in [9.17, 15) is 14.7 Å². The lowest BCUT2D eigenvalue weighted by atomic mass is 10.1. The van der Waals surface area contributed by atoms with Crippen LogP contribution in [0.15, 0.2) is 83.3 Å². The molecule has 6 rings (SSSR count). The summed E-state index contributed by atoms with van der Waals surface area (Å²) in [6.07, 6.45) is 0.365. The molecule has 0 aliphatic carbocycles. The molecule has 43 heavy (non-hydrogen) atoms. The van der Waals surface area contributed by atoms with Crippen molar-refractivity contribution >= 4 is 39.9 Å². The quantitative estimate of drug-likeness (QED) is 0.215. The number of ketones is 1. The van der Waals surface area contributed by atoms with Crippen LogP contribution in [0.25, 0.3) is 33.6 Å². The molecule has 3 aromatic carbocycles. The highest BCUT2D eigenvalue weighted by atomic mass is 16.5. The van der Waals surface area contributed by atoms with Gasteiger partial charge in [-0.1, -0.05) is 18.2 Å². The summed E-state index contributed by atoms with van der Waals surface area (Å²) in [5.41, 5.74) is 4.56. The van der Waals surface area contributed by atoms with E-state index in [4.69, 9.17) is 19.1 Å². The van der Waals surface area contributed by atoms with Crippen molar-refractivity contribution in [3.8, 4) is 22.7 Å². The van der Waals surface area contributed by atoms with Gasteiger partial charge in [0.15, 0.2) is 5.82 Å². The number of hydrogen-bond donors (Lipinski definition) is 3. The van der Waals surface area contributed by atoms with Crippen molar-refractivity contribution in [2.75, 3.05) is 41.8 Å². The van der Waals surface area contributed by atoms with E-state index >= 15 is 0 Å². The Kier molecular flexibility index (Phi) is 8.12. The maximum absolute atomic E-state index is 12.6. The number of nitrogens with zero attached hydrogens (tertiary/aromatic N) is 3. The number of Topliss-reactive ketones (excluding diaryl/α,β-unsaturated/α-hetero) is 1. The predicted octanol–water partition coefficient (Wildman–Crippen LogP) is 5.66. The van der Waals surface area contributed by atoms with Crippen LogP contribution in [0.3, 0.4) is 0 Å². The summed E-state index contributed by atoms with van der Waals surface area (Å²) in [7, 11) is 0. The third-order valence-electron chi connectivity index (χ3n) is 7.16. The molecule has 10 heteroatoms. The summed E-state index contributed by atoms with van der Waals surface area (Å²) < 4.78 is 11.3. The first-order chi connectivity index (χ1) is 20.9. The van der Waals surface area contributed by atoms with Crippen LogP contribution in [0.4, 0.5) is 22.0 Å². The topological polar surface area (TPSA) is 130 Å². The average Bonchev–Trinajstić information content (AvgIpc) is 3.51. The van der Waals surface area contributed by atoms with Gasteiger partial charge in [0.1, 0.15) is 29.7 Å². The Labute approximate surface area is 248 Å². The Morgan fingerprint density at radius 2 is 1.53 bits per heavy atom. The van der Waals surface area contributed by atoms with Crippen molar-refractivity contribution in [3.05, 3.63) is 90.2 Å². The van der Waals surface area contributed by atoms with Crippen LogP contribution in [0.5, 0.6) is 0 Å². The summed E-state index contributed by atoms with van der Waals surface area (Å²) in [6, 6.07) is 23.7. The van der Waals surface area contributed by atoms with Crippen molar-refractivity contribution in [1.82, 2.24) is 9.97 Å². The number of rotatable bonds is 8. The molecule has 0 bridgehead atoms. The number of carbonyl (C=O) groups is 2. The standard InChI is InChI=1S/C33H31N5O5/c1-21(40)18-22-2-7-25(8-3-22)34-33(41)35-26-9-4-23(5-10-26)31-36-29-19-24(30-13-11-27(20-39)43-30)6-12-28(29)32(37-31)38-14-16-42-17-15-38/h2-13,19,39H,14-18,20H2,1H3,(H2,34,35,41). The van der Waals surface area contributed by atoms with Crippen LogP contribution in [0.1, 0.15) is 18.2 Å². The molecule has 0 spiro atoms. The minimum absolute atomic E-state index is 0.0873. The van der Waals surface area contributed by atoms with Gasteiger partial charge in [-0.05, 0) is 73.2 Å². The number of aliphatic hydroxyl groups is 1. The van der Waals surface area contributed by atoms with Crippen LogP contribution in [0, 0.1) is 0 Å². The first-order valence-electron chi connectivity index (χ1n) is 14.1. The molecular formula is C33H31N5O5. The van der Waals surface area contributed by atoms with E-state index in [1.807, 2.05) is 60.7 Å². The molecule has 5 aromatic rings. The third kappa shape index (κ3) is 6.56. The van der Waals surface area contributed by atoms with Gasteiger partial charge in [-0.15, -0.1) is 0 Å². The Bertz CT molecular complexity index is 1760. The summed E-state index contributed by atoms with van der Waals surface area (Å²) in [5, 5.41) is 16.0. The maximum atomic E-state index is 12.6. The molecule has 218 valence electrons. The maximum Gasteiger partial charge on any atom is 0.323 e. The zero-order chi connectivity index (χ0) is 29.8. The number of urea groups is 1. The van der Waals surface area contributed by atoms with Crippen LogP contribution >= 0.6 is 0 Å². The molecule has 2 amide bonds. The molecular weight excluding hydrogens is 546 g/mol. The van der Waals surface area contributed by atoms with E-state index in [1.165, 1.54) is 0 Å². The van der Waals surface area contributed by atoms with Crippen molar-refractivity contribution in [2.45, 2.75) is 20.0 Å². The molecule has 2 aromatic heterocycles. The first kappa shape index (κ1) is 28.1. The molecule has 1 aliphatic rings. The van der Waals surface area contributed by atoms with Gasteiger partial charge in [0, 0.05) is 47.4 Å². The fraction of sp³-hybridized carbons (Fsp3) is 0.212. The number of carbonyl (C=O) groups excluding carboxylic acids is 2. The van der Waals surface area contributed by atoms with E-state index in [1.54, 1.807) is 25.1 Å². The molecule has 1 aliphatic heterocycles. The largest absolute Gasteiger partial charge is 0.459 e. The summed E-state index contributed by atoms with van der Waals surface area (Å²) in [5.74, 6) is 2.63. The van der Waals surface area contributed by atoms with Crippen molar-refractivity contribution in [2.24, 2.45) is 0 Å². The highest BCUT2D eigenvalue weighted by Crippen LogP contribution is 2.32. The first-order valence-corrected chi connectivity index (χ1v) is 14.1. The minimum Gasteiger partial charge on any atom is -0.459 e. The van der Waals surface area contributed by atoms with E-state index in [0.717, 1.165) is 46.5 Å². The van der Waals surface area contributed by atoms with Gasteiger partial charge in [0.2, 0.25) is 0 Å². The number of anilines is 3. The minimum atomic E-state index is -0.376. The van der Waals surface area contributed by atoms with Gasteiger partial charge in [-0.2, -0.15) is 0 Å². The second-order valence-electron chi connectivity index (χ2n) is 10.4. The molecule has 1 fully saturated rings. The van der Waals surface area contributed by atoms with Crippen molar-refractivity contribution in [1.29, 1.82) is 0 Å². The van der Waals surface area contributed by atoms with E-state index in [0.29, 0.717) is 48.4 Å². The highest BCUT2D eigenvalue weighted by molar-refractivity contribution is 6.00. The van der Waals surface area contributed by atoms with E-state index < -0.39 is 0 Å². The molecule has 1 saturated heterocycles. The second-order valence-corrected chi connectivity index (χ2v) is 10.4. The normalized spacial score (nSPS) is 13.2. The summed E-state index contributed by atoms with van der Waals surface area (Å²) in [6.45, 7) is 4.09. The number of furan rings is 1. The lowest BCUT2D eigenvalue weighted by Crippen LogP contribution is -2.37. The van der Waals surface area contributed by atoms with Crippen LogP contribution < -0.4 is 15.5 Å². The van der Waals surface area contributed by atoms with Gasteiger partial charge in [-0.3, -0.25) is 4.79 Å². The lowest BCUT2D eigenvalue weighted by Gasteiger charge is -2.29. The zero-order valence-electron chi connectivity index (χ0n) is 23.7. The number of amides is 2. The summed E-state index contributed by atoms with van der Waals surface area (Å²) >= 11 is 0. The molecule has 3 heterocycles. The van der Waals surface area contributed by atoms with Gasteiger partial charge in [-0.25, -0.2) is 14.8 Å². The van der Waals surface area contributed by atoms with Gasteiger partial charge in [0.05, 0.1) is 18.7 Å². The SMILES string of the molecule is CC(=O)Cc1ccc(NC(=O)Nc2ccc(-c3nc(N4CCOCC4)c4ccc(-c5ccc(CO)o5)cc4n3)cc2)cc1. The Balaban J connectivity index is 1.24. The monoisotopic (exact) mass is 577 g/mol. The number of aromatic nitrogens is 2. The van der Waals surface area contributed by atoms with Crippen LogP contribution in [-0.2, 0) is 22.6 Å². The molecule has 0 radical (unpaired) electrons. The van der Waals surface area contributed by atoms with Crippen molar-refractivity contribution < 1.29 is 23.8 Å². The highest BCUT2D eigenvalue weighted by Gasteiger charge is 2.19. The number of nitrogens with one attached hydrogen (secondary N) is 2. The predicted molar refractivity (Wildman–Crippen MR) is 165 cm³/mol. The smallest absolute Gasteiger partial charge is 0.323 e. The van der Waals surface area contributed by atoms with E-state index in [2.05, 4.69) is 15.5 Å². The number of fused-ring (bicyclic) bond motifs is 1. The summed E-state index contributed by atoms with van der Waals surface area (Å²) in [4.78, 5) is 36.0. The second kappa shape index (κ2) is 12.4. The van der Waals surface area contributed by atoms with Gasteiger partial charge >= 0.3 is 6.03 Å². The fourth-order valence-corrected chi connectivity index (χ4v) is 5.02. The molecule has 3 N–H and O–H groups in total. The molecule has 0 unspecified atom stereocenters. The average molecular weight is 578 g/mol. The number of hydrogen-bond acceptors (Lipinski definition) is 8. The third-order valence-corrected chi connectivity index (χ3v) is 7.16. The fourth-order valence-electron chi connectivity index (χ4n) is 5.02. The number of morpholine rings is 1. The molecule has 0 atom stereocenters. The Morgan fingerprint density at radius 1 is 0.860 bits per heavy atom. The molecule has 0 saturated carbocycles.